The van der Waals surface area contributed by atoms with Crippen LogP contribution in [-0.4, -0.2) is 51.1 Å². The molecule has 1 aliphatic rings. The van der Waals surface area contributed by atoms with Gasteiger partial charge in [0.1, 0.15) is 5.92 Å². The summed E-state index contributed by atoms with van der Waals surface area (Å²) in [5.41, 5.74) is 2.32. The van der Waals surface area contributed by atoms with Crippen molar-refractivity contribution in [3.63, 3.8) is 0 Å². The van der Waals surface area contributed by atoms with E-state index in [1.165, 1.54) is 23.1 Å². The van der Waals surface area contributed by atoms with E-state index in [0.717, 1.165) is 5.56 Å². The van der Waals surface area contributed by atoms with Crippen LogP contribution < -0.4 is 0 Å². The van der Waals surface area contributed by atoms with Crippen molar-refractivity contribution in [1.82, 2.24) is 4.90 Å². The van der Waals surface area contributed by atoms with Crippen LogP contribution in [0.5, 0.6) is 0 Å². The van der Waals surface area contributed by atoms with E-state index < -0.39 is 28.8 Å². The number of carboxylic acid groups (broad SMARTS) is 1. The maximum Gasteiger partial charge on any atom is 0.310 e. The molecule has 2 aromatic rings. The SMILES string of the molecule is CC(C)c1ccccc1-c1c([N+](=O)[O-])[c]ccc1/C=C/C(=O)N1CCC(O)C(C(=O)O)C1. The number of hydrogen-bond acceptors (Lipinski definition) is 5. The van der Waals surface area contributed by atoms with Crippen LogP contribution in [0.15, 0.2) is 42.5 Å². The third kappa shape index (κ3) is 4.86. The Morgan fingerprint density at radius 3 is 2.66 bits per heavy atom. The van der Waals surface area contributed by atoms with Crippen LogP contribution in [0.3, 0.4) is 0 Å². The zero-order valence-electron chi connectivity index (χ0n) is 17.9. The normalized spacial score (nSPS) is 18.8. The Balaban J connectivity index is 1.98. The molecule has 0 aliphatic carbocycles. The number of likely N-dealkylation sites (tertiary alicyclic amines) is 1. The van der Waals surface area contributed by atoms with Gasteiger partial charge in [-0.05, 0) is 41.2 Å². The molecular weight excluding hydrogens is 412 g/mol. The van der Waals surface area contributed by atoms with Gasteiger partial charge in [0.15, 0.2) is 0 Å². The first kappa shape index (κ1) is 23.1. The second-order valence-corrected chi connectivity index (χ2v) is 8.07. The maximum atomic E-state index is 12.7. The summed E-state index contributed by atoms with van der Waals surface area (Å²) >= 11 is 0. The molecule has 0 aromatic heterocycles. The second-order valence-electron chi connectivity index (χ2n) is 8.07. The molecule has 0 spiro atoms. The minimum Gasteiger partial charge on any atom is -0.481 e. The Bertz CT molecular complexity index is 1060. The Morgan fingerprint density at radius 2 is 2.00 bits per heavy atom. The number of amides is 1. The van der Waals surface area contributed by atoms with Crippen LogP contribution in [0.2, 0.25) is 0 Å². The molecule has 0 bridgehead atoms. The number of carbonyl (C=O) groups is 2. The molecule has 3 rings (SSSR count). The van der Waals surface area contributed by atoms with Gasteiger partial charge in [0.25, 0.3) is 5.69 Å². The summed E-state index contributed by atoms with van der Waals surface area (Å²) in [6.07, 6.45) is 1.98. The average molecular weight is 437 g/mol. The number of piperidine rings is 1. The molecule has 32 heavy (non-hydrogen) atoms. The third-order valence-electron chi connectivity index (χ3n) is 5.65. The zero-order chi connectivity index (χ0) is 23.4. The topological polar surface area (TPSA) is 121 Å². The molecular formula is C24H25N2O6. The smallest absolute Gasteiger partial charge is 0.310 e. The van der Waals surface area contributed by atoms with Crippen molar-refractivity contribution in [2.24, 2.45) is 5.92 Å². The van der Waals surface area contributed by atoms with Gasteiger partial charge in [-0.2, -0.15) is 0 Å². The van der Waals surface area contributed by atoms with Gasteiger partial charge in [-0.3, -0.25) is 19.7 Å². The van der Waals surface area contributed by atoms with Crippen molar-refractivity contribution in [3.05, 3.63) is 69.8 Å². The van der Waals surface area contributed by atoms with E-state index in [4.69, 9.17) is 0 Å². The molecule has 2 atom stereocenters. The lowest BCUT2D eigenvalue weighted by Gasteiger charge is -2.33. The van der Waals surface area contributed by atoms with Gasteiger partial charge in [-0.15, -0.1) is 0 Å². The van der Waals surface area contributed by atoms with Crippen LogP contribution in [0.1, 0.15) is 37.3 Å². The first-order valence-corrected chi connectivity index (χ1v) is 10.4. The quantitative estimate of drug-likeness (QED) is 0.405. The summed E-state index contributed by atoms with van der Waals surface area (Å²) in [6.45, 7) is 4.14. The molecule has 1 heterocycles. The molecule has 1 amide bonds. The van der Waals surface area contributed by atoms with Crippen LogP contribution in [0.4, 0.5) is 5.69 Å². The molecule has 2 unspecified atom stereocenters. The van der Waals surface area contributed by atoms with E-state index in [-0.39, 0.29) is 31.1 Å². The first-order valence-electron chi connectivity index (χ1n) is 10.4. The Morgan fingerprint density at radius 1 is 1.28 bits per heavy atom. The van der Waals surface area contributed by atoms with Crippen LogP contribution in [-0.2, 0) is 9.59 Å². The summed E-state index contributed by atoms with van der Waals surface area (Å²) in [6, 6.07) is 13.2. The number of rotatable bonds is 6. The van der Waals surface area contributed by atoms with E-state index in [0.29, 0.717) is 16.7 Å². The Kier molecular flexibility index (Phi) is 7.05. The number of benzene rings is 2. The summed E-state index contributed by atoms with van der Waals surface area (Å²) in [5.74, 6) is -2.48. The van der Waals surface area contributed by atoms with E-state index in [1.807, 2.05) is 38.1 Å². The number of carbonyl (C=O) groups excluding carboxylic acids is 1. The molecule has 8 heteroatoms. The summed E-state index contributed by atoms with van der Waals surface area (Å²) in [7, 11) is 0. The minimum atomic E-state index is -1.15. The Labute approximate surface area is 185 Å². The number of aliphatic carboxylic acids is 1. The molecule has 8 nitrogen and oxygen atoms in total. The lowest BCUT2D eigenvalue weighted by molar-refractivity contribution is -0.384. The molecule has 2 aromatic carbocycles. The molecule has 0 saturated carbocycles. The van der Waals surface area contributed by atoms with E-state index in [2.05, 4.69) is 6.07 Å². The van der Waals surface area contributed by atoms with Crippen molar-refractivity contribution in [1.29, 1.82) is 0 Å². The fourth-order valence-corrected chi connectivity index (χ4v) is 3.95. The summed E-state index contributed by atoms with van der Waals surface area (Å²) < 4.78 is 0. The van der Waals surface area contributed by atoms with Crippen LogP contribution in [0.25, 0.3) is 17.2 Å². The van der Waals surface area contributed by atoms with E-state index in [1.54, 1.807) is 6.07 Å². The van der Waals surface area contributed by atoms with Crippen molar-refractivity contribution in [3.8, 4) is 11.1 Å². The second kappa shape index (κ2) is 9.74. The highest BCUT2D eigenvalue weighted by molar-refractivity contribution is 5.95. The van der Waals surface area contributed by atoms with Gasteiger partial charge >= 0.3 is 5.97 Å². The first-order chi connectivity index (χ1) is 15.2. The van der Waals surface area contributed by atoms with Gasteiger partial charge in [0.05, 0.1) is 22.7 Å². The van der Waals surface area contributed by atoms with Gasteiger partial charge in [0, 0.05) is 19.2 Å². The minimum absolute atomic E-state index is 0.0918. The highest BCUT2D eigenvalue weighted by Crippen LogP contribution is 2.38. The molecule has 1 fully saturated rings. The van der Waals surface area contributed by atoms with Crippen molar-refractivity contribution in [2.45, 2.75) is 32.3 Å². The molecule has 1 radical (unpaired) electrons. The number of carboxylic acids is 1. The van der Waals surface area contributed by atoms with Gasteiger partial charge < -0.3 is 15.1 Å². The van der Waals surface area contributed by atoms with E-state index >= 15 is 0 Å². The van der Waals surface area contributed by atoms with Gasteiger partial charge in [-0.25, -0.2) is 0 Å². The highest BCUT2D eigenvalue weighted by Gasteiger charge is 2.34. The predicted octanol–water partition coefficient (Wildman–Crippen LogP) is 3.49. The van der Waals surface area contributed by atoms with E-state index in [9.17, 15) is 29.9 Å². The maximum absolute atomic E-state index is 12.7. The fourth-order valence-electron chi connectivity index (χ4n) is 3.95. The number of nitro benzene ring substituents is 1. The Hall–Kier alpha value is -3.52. The predicted molar refractivity (Wildman–Crippen MR) is 119 cm³/mol. The number of nitro groups is 1. The number of aliphatic hydroxyl groups is 1. The van der Waals surface area contributed by atoms with Crippen molar-refractivity contribution >= 4 is 23.6 Å². The molecule has 1 saturated heterocycles. The van der Waals surface area contributed by atoms with Gasteiger partial charge in [-0.1, -0.05) is 44.2 Å². The molecule has 167 valence electrons. The van der Waals surface area contributed by atoms with Crippen molar-refractivity contribution in [2.75, 3.05) is 13.1 Å². The summed E-state index contributed by atoms with van der Waals surface area (Å²) in [5, 5.41) is 30.8. The lowest BCUT2D eigenvalue weighted by atomic mass is 9.89. The fraction of sp³-hybridized carbons (Fsp3) is 0.333. The average Bonchev–Trinajstić information content (AvgIpc) is 2.77. The number of nitrogens with zero attached hydrogens (tertiary/aromatic N) is 2. The lowest BCUT2D eigenvalue weighted by Crippen LogP contribution is -2.48. The monoisotopic (exact) mass is 437 g/mol. The number of hydrogen-bond donors (Lipinski definition) is 2. The summed E-state index contributed by atoms with van der Waals surface area (Å²) in [4.78, 5) is 36.6. The third-order valence-corrected chi connectivity index (χ3v) is 5.65. The molecule has 2 N–H and O–H groups in total. The largest absolute Gasteiger partial charge is 0.481 e. The zero-order valence-corrected chi connectivity index (χ0v) is 17.9. The number of aliphatic hydroxyl groups excluding tert-OH is 1. The molecule has 1 aliphatic heterocycles. The van der Waals surface area contributed by atoms with Crippen molar-refractivity contribution < 1.29 is 24.7 Å². The standard InChI is InChI=1S/C24H25N2O6/c1-15(2)17-7-3-4-8-18(17)23-16(6-5-9-20(23)26(31)32)10-11-22(28)25-13-12-21(27)19(14-25)24(29)30/h3-8,10-11,15,19,21,27H,12-14H2,1-2H3,(H,29,30)/b11-10+. The van der Waals surface area contributed by atoms with Crippen LogP contribution in [0, 0.1) is 22.1 Å². The highest BCUT2D eigenvalue weighted by atomic mass is 16.6. The van der Waals surface area contributed by atoms with Crippen LogP contribution >= 0.6 is 0 Å². The van der Waals surface area contributed by atoms with Gasteiger partial charge in [0.2, 0.25) is 5.91 Å².